The maximum Gasteiger partial charge on any atom is 0.326 e. The van der Waals surface area contributed by atoms with Crippen molar-refractivity contribution in [3.8, 4) is 0 Å². The van der Waals surface area contributed by atoms with Crippen molar-refractivity contribution in [3.05, 3.63) is 35.9 Å². The minimum Gasteiger partial charge on any atom is -0.480 e. The van der Waals surface area contributed by atoms with Crippen molar-refractivity contribution >= 4 is 29.6 Å². The van der Waals surface area contributed by atoms with Crippen LogP contribution in [0.2, 0.25) is 0 Å². The average Bonchev–Trinajstić information content (AvgIpc) is 2.75. The second-order valence-electron chi connectivity index (χ2n) is 7.46. The number of carbonyl (C=O) groups is 5. The molecule has 1 aromatic carbocycles. The molecule has 0 heterocycles. The molecule has 0 aliphatic carbocycles. The van der Waals surface area contributed by atoms with E-state index in [0.29, 0.717) is 6.42 Å². The molecule has 32 heavy (non-hydrogen) atoms. The van der Waals surface area contributed by atoms with Crippen molar-refractivity contribution in [2.75, 3.05) is 6.54 Å². The molecule has 176 valence electrons. The van der Waals surface area contributed by atoms with Gasteiger partial charge < -0.3 is 32.5 Å². The zero-order chi connectivity index (χ0) is 24.3. The number of aliphatic carboxylic acids is 1. The van der Waals surface area contributed by atoms with E-state index in [9.17, 15) is 29.1 Å². The van der Waals surface area contributed by atoms with E-state index < -0.39 is 54.1 Å². The minimum absolute atomic E-state index is 0.159. The van der Waals surface area contributed by atoms with Crippen LogP contribution in [0.5, 0.6) is 0 Å². The number of hydrogen-bond donors (Lipinski definition) is 6. The fourth-order valence-corrected chi connectivity index (χ4v) is 2.93. The van der Waals surface area contributed by atoms with Gasteiger partial charge in [-0.3, -0.25) is 19.2 Å². The highest BCUT2D eigenvalue weighted by molar-refractivity contribution is 5.94. The van der Waals surface area contributed by atoms with Crippen molar-refractivity contribution in [1.82, 2.24) is 16.0 Å². The van der Waals surface area contributed by atoms with E-state index in [1.807, 2.05) is 6.07 Å². The molecule has 4 unspecified atom stereocenters. The Kier molecular flexibility index (Phi) is 10.8. The van der Waals surface area contributed by atoms with Crippen LogP contribution >= 0.6 is 0 Å². The maximum atomic E-state index is 13.0. The van der Waals surface area contributed by atoms with E-state index in [-0.39, 0.29) is 18.9 Å². The Balaban J connectivity index is 3.05. The third-order valence-electron chi connectivity index (χ3n) is 4.93. The molecule has 1 rings (SSSR count). The first-order valence-corrected chi connectivity index (χ1v) is 10.2. The summed E-state index contributed by atoms with van der Waals surface area (Å²) in [5.74, 6) is -4.64. The van der Waals surface area contributed by atoms with Gasteiger partial charge in [0.1, 0.15) is 18.1 Å². The van der Waals surface area contributed by atoms with Gasteiger partial charge in [0.15, 0.2) is 0 Å². The first-order chi connectivity index (χ1) is 15.1. The van der Waals surface area contributed by atoms with Crippen LogP contribution in [0.4, 0.5) is 0 Å². The Hall–Kier alpha value is -3.47. The molecule has 0 aromatic heterocycles. The second kappa shape index (κ2) is 13.1. The molecule has 0 saturated carbocycles. The predicted molar refractivity (Wildman–Crippen MR) is 116 cm³/mol. The number of carboxylic acids is 1. The summed E-state index contributed by atoms with van der Waals surface area (Å²) in [7, 11) is 0. The number of carboxylic acid groups (broad SMARTS) is 1. The third-order valence-corrected chi connectivity index (χ3v) is 4.93. The summed E-state index contributed by atoms with van der Waals surface area (Å²) in [6, 6.07) is 5.32. The zero-order valence-corrected chi connectivity index (χ0v) is 18.2. The highest BCUT2D eigenvalue weighted by atomic mass is 16.4. The molecular formula is C21H31N5O6. The highest BCUT2D eigenvalue weighted by Crippen LogP contribution is 2.11. The zero-order valence-electron chi connectivity index (χ0n) is 18.2. The molecule has 11 nitrogen and oxygen atoms in total. The van der Waals surface area contributed by atoms with Gasteiger partial charge in [0.05, 0.1) is 13.0 Å². The Morgan fingerprint density at radius 3 is 2.09 bits per heavy atom. The van der Waals surface area contributed by atoms with Crippen molar-refractivity contribution in [3.63, 3.8) is 0 Å². The van der Waals surface area contributed by atoms with Crippen LogP contribution in [0.3, 0.4) is 0 Å². The van der Waals surface area contributed by atoms with E-state index in [1.165, 1.54) is 0 Å². The van der Waals surface area contributed by atoms with E-state index >= 15 is 0 Å². The van der Waals surface area contributed by atoms with Crippen LogP contribution in [-0.4, -0.2) is 59.4 Å². The van der Waals surface area contributed by atoms with E-state index in [4.69, 9.17) is 11.5 Å². The van der Waals surface area contributed by atoms with Gasteiger partial charge in [-0.15, -0.1) is 0 Å². The molecule has 4 atom stereocenters. The molecule has 8 N–H and O–H groups in total. The number of nitrogens with two attached hydrogens (primary N) is 2. The molecule has 1 aromatic rings. The molecule has 0 aliphatic heterocycles. The van der Waals surface area contributed by atoms with Crippen molar-refractivity contribution in [2.24, 2.45) is 17.4 Å². The largest absolute Gasteiger partial charge is 0.480 e. The Bertz CT molecular complexity index is 816. The lowest BCUT2D eigenvalue weighted by Gasteiger charge is -2.27. The first-order valence-electron chi connectivity index (χ1n) is 10.2. The Morgan fingerprint density at radius 1 is 0.969 bits per heavy atom. The van der Waals surface area contributed by atoms with E-state index in [2.05, 4.69) is 16.0 Å². The molecule has 0 aliphatic rings. The van der Waals surface area contributed by atoms with Gasteiger partial charge in [-0.05, 0) is 11.5 Å². The molecule has 0 radical (unpaired) electrons. The van der Waals surface area contributed by atoms with Crippen LogP contribution in [0, 0.1) is 5.92 Å². The van der Waals surface area contributed by atoms with E-state index in [1.54, 1.807) is 38.1 Å². The SMILES string of the molecule is CCC(C)C(NC(=O)C(Cc1ccccc1)NC(=O)CN)C(=O)NC(CC(N)=O)C(=O)O. The lowest BCUT2D eigenvalue weighted by atomic mass is 9.96. The predicted octanol–water partition coefficient (Wildman–Crippen LogP) is -1.35. The number of carbonyl (C=O) groups excluding carboxylic acids is 4. The second-order valence-corrected chi connectivity index (χ2v) is 7.46. The number of rotatable bonds is 13. The summed E-state index contributed by atoms with van der Waals surface area (Å²) >= 11 is 0. The maximum absolute atomic E-state index is 13.0. The van der Waals surface area contributed by atoms with Gasteiger partial charge in [0.25, 0.3) is 0 Å². The molecule has 4 amide bonds. The Labute approximate surface area is 186 Å². The number of nitrogens with one attached hydrogen (secondary N) is 3. The summed E-state index contributed by atoms with van der Waals surface area (Å²) in [4.78, 5) is 60.1. The third kappa shape index (κ3) is 8.72. The normalized spacial score (nSPS) is 14.3. The Morgan fingerprint density at radius 2 is 1.59 bits per heavy atom. The number of hydrogen-bond acceptors (Lipinski definition) is 6. The molecule has 0 spiro atoms. The molecule has 0 fully saturated rings. The summed E-state index contributed by atoms with van der Waals surface area (Å²) in [6.07, 6.45) is 0.0581. The van der Waals surface area contributed by atoms with Crippen LogP contribution in [0.25, 0.3) is 0 Å². The van der Waals surface area contributed by atoms with Gasteiger partial charge in [-0.25, -0.2) is 4.79 Å². The molecular weight excluding hydrogens is 418 g/mol. The van der Waals surface area contributed by atoms with Gasteiger partial charge in [-0.2, -0.15) is 0 Å². The van der Waals surface area contributed by atoms with Gasteiger partial charge >= 0.3 is 5.97 Å². The monoisotopic (exact) mass is 449 g/mol. The minimum atomic E-state index is -1.53. The van der Waals surface area contributed by atoms with Gasteiger partial charge in [-0.1, -0.05) is 50.6 Å². The fourth-order valence-electron chi connectivity index (χ4n) is 2.93. The number of primary amides is 1. The van der Waals surface area contributed by atoms with Gasteiger partial charge in [0, 0.05) is 6.42 Å². The highest BCUT2D eigenvalue weighted by Gasteiger charge is 2.32. The van der Waals surface area contributed by atoms with Crippen molar-refractivity contribution < 1.29 is 29.1 Å². The number of amides is 4. The lowest BCUT2D eigenvalue weighted by molar-refractivity contribution is -0.144. The number of benzene rings is 1. The smallest absolute Gasteiger partial charge is 0.326 e. The van der Waals surface area contributed by atoms with Crippen LogP contribution < -0.4 is 27.4 Å². The summed E-state index contributed by atoms with van der Waals surface area (Å²) in [5.41, 5.74) is 11.2. The summed E-state index contributed by atoms with van der Waals surface area (Å²) in [6.45, 7) is 3.19. The summed E-state index contributed by atoms with van der Waals surface area (Å²) < 4.78 is 0. The van der Waals surface area contributed by atoms with Crippen molar-refractivity contribution in [1.29, 1.82) is 0 Å². The van der Waals surface area contributed by atoms with Gasteiger partial charge in [0.2, 0.25) is 23.6 Å². The van der Waals surface area contributed by atoms with Crippen LogP contribution in [-0.2, 0) is 30.4 Å². The molecule has 0 saturated heterocycles. The first kappa shape index (κ1) is 26.6. The molecule has 11 heteroatoms. The fraction of sp³-hybridized carbons (Fsp3) is 0.476. The quantitative estimate of drug-likeness (QED) is 0.214. The van der Waals surface area contributed by atoms with E-state index in [0.717, 1.165) is 5.56 Å². The van der Waals surface area contributed by atoms with Crippen LogP contribution in [0.1, 0.15) is 32.3 Å². The lowest BCUT2D eigenvalue weighted by Crippen LogP contribution is -2.58. The average molecular weight is 450 g/mol. The summed E-state index contributed by atoms with van der Waals surface area (Å²) in [5, 5.41) is 16.6. The van der Waals surface area contributed by atoms with Crippen LogP contribution in [0.15, 0.2) is 30.3 Å². The standard InChI is InChI=1S/C21H31N5O6/c1-3-12(2)18(20(30)25-15(21(31)32)10-16(23)27)26-19(29)14(24-17(28)11-22)9-13-7-5-4-6-8-13/h4-8,12,14-15,18H,3,9-11,22H2,1-2H3,(H2,23,27)(H,24,28)(H,25,30)(H,26,29)(H,31,32). The molecule has 0 bridgehead atoms. The van der Waals surface area contributed by atoms with Crippen molar-refractivity contribution in [2.45, 2.75) is 51.2 Å². The topological polar surface area (TPSA) is 194 Å².